The summed E-state index contributed by atoms with van der Waals surface area (Å²) in [6, 6.07) is 11.8. The lowest BCUT2D eigenvalue weighted by Crippen LogP contribution is -2.33. The molecule has 0 bridgehead atoms. The number of aromatic nitrogens is 1. The van der Waals surface area contributed by atoms with Crippen LogP contribution in [0.25, 0.3) is 0 Å². The van der Waals surface area contributed by atoms with Gasteiger partial charge in [-0.1, -0.05) is 32.0 Å². The molecule has 2 aromatic rings. The maximum absolute atomic E-state index is 12.9. The number of carbonyl (C=O) groups excluding carboxylic acids is 1. The summed E-state index contributed by atoms with van der Waals surface area (Å²) in [6.45, 7) is 4.72. The summed E-state index contributed by atoms with van der Waals surface area (Å²) in [7, 11) is -3.67. The average molecular weight is 364 g/mol. The van der Waals surface area contributed by atoms with Gasteiger partial charge in [-0.3, -0.25) is 4.79 Å². The van der Waals surface area contributed by atoms with Crippen molar-refractivity contribution in [1.82, 2.24) is 8.87 Å². The minimum Gasteiger partial charge on any atom is -0.324 e. The molecule has 0 radical (unpaired) electrons. The van der Waals surface area contributed by atoms with Crippen LogP contribution in [0.3, 0.4) is 0 Å². The van der Waals surface area contributed by atoms with Gasteiger partial charge in [-0.15, -0.1) is 11.8 Å². The third-order valence-electron chi connectivity index (χ3n) is 3.83. The van der Waals surface area contributed by atoms with Crippen molar-refractivity contribution in [3.8, 4) is 0 Å². The predicted octanol–water partition coefficient (Wildman–Crippen LogP) is 2.96. The van der Waals surface area contributed by atoms with E-state index >= 15 is 0 Å². The Morgan fingerprint density at radius 3 is 2.54 bits per heavy atom. The van der Waals surface area contributed by atoms with Crippen LogP contribution in [0.15, 0.2) is 53.6 Å². The molecule has 128 valence electrons. The standard InChI is InChI=1S/C17H20N2O3S2/c1-13(2)11-18-16(20)12-23-17(18)15-9-6-10-19(15)24(21,22)14-7-4-3-5-8-14/h3-10,13,17H,11-12H2,1-2H3. The summed E-state index contributed by atoms with van der Waals surface area (Å²) < 4.78 is 27.2. The highest BCUT2D eigenvalue weighted by molar-refractivity contribution is 8.00. The lowest BCUT2D eigenvalue weighted by atomic mass is 10.2. The van der Waals surface area contributed by atoms with E-state index in [9.17, 15) is 13.2 Å². The first-order valence-electron chi connectivity index (χ1n) is 7.80. The van der Waals surface area contributed by atoms with Crippen LogP contribution < -0.4 is 0 Å². The van der Waals surface area contributed by atoms with E-state index in [0.29, 0.717) is 23.9 Å². The Morgan fingerprint density at radius 2 is 1.88 bits per heavy atom. The first-order chi connectivity index (χ1) is 11.4. The zero-order valence-electron chi connectivity index (χ0n) is 13.6. The van der Waals surface area contributed by atoms with Gasteiger partial charge in [0.25, 0.3) is 10.0 Å². The van der Waals surface area contributed by atoms with Gasteiger partial charge in [-0.25, -0.2) is 12.4 Å². The van der Waals surface area contributed by atoms with E-state index in [1.807, 2.05) is 13.8 Å². The van der Waals surface area contributed by atoms with Crippen LogP contribution in [-0.4, -0.2) is 35.5 Å². The first-order valence-corrected chi connectivity index (χ1v) is 10.3. The topological polar surface area (TPSA) is 59.4 Å². The van der Waals surface area contributed by atoms with Crippen molar-refractivity contribution in [3.63, 3.8) is 0 Å². The average Bonchev–Trinajstić information content (AvgIpc) is 3.16. The molecule has 5 nitrogen and oxygen atoms in total. The molecule has 1 aromatic carbocycles. The molecule has 1 saturated heterocycles. The van der Waals surface area contributed by atoms with Crippen LogP contribution in [0.4, 0.5) is 0 Å². The SMILES string of the molecule is CC(C)CN1C(=O)CSC1c1cccn1S(=O)(=O)c1ccccc1. The molecular weight excluding hydrogens is 344 g/mol. The van der Waals surface area contributed by atoms with Crippen molar-refractivity contribution in [1.29, 1.82) is 0 Å². The van der Waals surface area contributed by atoms with Crippen molar-refractivity contribution in [2.75, 3.05) is 12.3 Å². The number of thioether (sulfide) groups is 1. The number of benzene rings is 1. The molecule has 3 rings (SSSR count). The van der Waals surface area contributed by atoms with Gasteiger partial charge in [-0.2, -0.15) is 0 Å². The monoisotopic (exact) mass is 364 g/mol. The molecule has 1 aliphatic heterocycles. The van der Waals surface area contributed by atoms with Gasteiger partial charge in [0, 0.05) is 12.7 Å². The van der Waals surface area contributed by atoms with Crippen molar-refractivity contribution in [2.24, 2.45) is 5.92 Å². The maximum atomic E-state index is 12.9. The normalized spacial score (nSPS) is 18.5. The molecule has 24 heavy (non-hydrogen) atoms. The molecule has 1 unspecified atom stereocenters. The Balaban J connectivity index is 2.01. The Bertz CT molecular complexity index is 829. The highest BCUT2D eigenvalue weighted by Gasteiger charge is 2.36. The fourth-order valence-electron chi connectivity index (χ4n) is 2.79. The van der Waals surface area contributed by atoms with Gasteiger partial charge in [0.1, 0.15) is 5.37 Å². The number of hydrogen-bond acceptors (Lipinski definition) is 4. The Kier molecular flexibility index (Phi) is 4.73. The van der Waals surface area contributed by atoms with Gasteiger partial charge in [0.2, 0.25) is 5.91 Å². The zero-order valence-corrected chi connectivity index (χ0v) is 15.3. The summed E-state index contributed by atoms with van der Waals surface area (Å²) >= 11 is 1.47. The van der Waals surface area contributed by atoms with Crippen LogP contribution in [-0.2, 0) is 14.8 Å². The molecule has 7 heteroatoms. The van der Waals surface area contributed by atoms with E-state index in [1.165, 1.54) is 15.7 Å². The number of rotatable bonds is 5. The van der Waals surface area contributed by atoms with Gasteiger partial charge >= 0.3 is 0 Å². The predicted molar refractivity (Wildman–Crippen MR) is 95.2 cm³/mol. The van der Waals surface area contributed by atoms with Crippen molar-refractivity contribution >= 4 is 27.7 Å². The largest absolute Gasteiger partial charge is 0.324 e. The van der Waals surface area contributed by atoms with Gasteiger partial charge < -0.3 is 4.90 Å². The van der Waals surface area contributed by atoms with E-state index in [4.69, 9.17) is 0 Å². The molecule has 0 saturated carbocycles. The molecule has 0 aliphatic carbocycles. The third kappa shape index (κ3) is 3.10. The molecule has 1 aromatic heterocycles. The Morgan fingerprint density at radius 1 is 1.17 bits per heavy atom. The van der Waals surface area contributed by atoms with E-state index < -0.39 is 10.0 Å². The van der Waals surface area contributed by atoms with Gasteiger partial charge in [0.05, 0.1) is 16.3 Å². The van der Waals surface area contributed by atoms with Crippen LogP contribution in [0.5, 0.6) is 0 Å². The quantitative estimate of drug-likeness (QED) is 0.818. The number of carbonyl (C=O) groups is 1. The van der Waals surface area contributed by atoms with Crippen LogP contribution >= 0.6 is 11.8 Å². The molecular formula is C17H20N2O3S2. The molecule has 1 atom stereocenters. The molecule has 1 amide bonds. The lowest BCUT2D eigenvalue weighted by molar-refractivity contribution is -0.128. The van der Waals surface area contributed by atoms with Crippen LogP contribution in [0, 0.1) is 5.92 Å². The number of amides is 1. The fraction of sp³-hybridized carbons (Fsp3) is 0.353. The second-order valence-electron chi connectivity index (χ2n) is 6.15. The lowest BCUT2D eigenvalue weighted by Gasteiger charge is -2.26. The van der Waals surface area contributed by atoms with Crippen molar-refractivity contribution < 1.29 is 13.2 Å². The van der Waals surface area contributed by atoms with Gasteiger partial charge in [-0.05, 0) is 30.2 Å². The fourth-order valence-corrected chi connectivity index (χ4v) is 5.46. The molecule has 0 N–H and O–H groups in total. The number of nitrogens with zero attached hydrogens (tertiary/aromatic N) is 2. The van der Waals surface area contributed by atoms with E-state index in [0.717, 1.165) is 0 Å². The van der Waals surface area contributed by atoms with Crippen LogP contribution in [0.1, 0.15) is 24.9 Å². The molecule has 1 aliphatic rings. The minimum atomic E-state index is -3.67. The Hall–Kier alpha value is -1.73. The van der Waals surface area contributed by atoms with Gasteiger partial charge in [0.15, 0.2) is 0 Å². The van der Waals surface area contributed by atoms with E-state index in [2.05, 4.69) is 0 Å². The molecule has 1 fully saturated rings. The van der Waals surface area contributed by atoms with Crippen molar-refractivity contribution in [3.05, 3.63) is 54.4 Å². The highest BCUT2D eigenvalue weighted by atomic mass is 32.2. The molecule has 0 spiro atoms. The first kappa shape index (κ1) is 17.1. The summed E-state index contributed by atoms with van der Waals surface area (Å²) in [4.78, 5) is 14.2. The second-order valence-corrected chi connectivity index (χ2v) is 9.03. The smallest absolute Gasteiger partial charge is 0.267 e. The van der Waals surface area contributed by atoms with E-state index in [1.54, 1.807) is 53.6 Å². The summed E-state index contributed by atoms with van der Waals surface area (Å²) in [5.41, 5.74) is 0.621. The Labute approximate surface area is 146 Å². The van der Waals surface area contributed by atoms with E-state index in [-0.39, 0.29) is 16.2 Å². The second kappa shape index (κ2) is 6.64. The minimum absolute atomic E-state index is 0.0589. The number of hydrogen-bond donors (Lipinski definition) is 0. The zero-order chi connectivity index (χ0) is 17.3. The highest BCUT2D eigenvalue weighted by Crippen LogP contribution is 2.40. The van der Waals surface area contributed by atoms with Crippen LogP contribution in [0.2, 0.25) is 0 Å². The maximum Gasteiger partial charge on any atom is 0.267 e. The summed E-state index contributed by atoms with van der Waals surface area (Å²) in [5, 5.41) is -0.270. The summed E-state index contributed by atoms with van der Waals surface area (Å²) in [5.74, 6) is 0.765. The van der Waals surface area contributed by atoms with Crippen molar-refractivity contribution in [2.45, 2.75) is 24.1 Å². The summed E-state index contributed by atoms with van der Waals surface area (Å²) in [6.07, 6.45) is 1.55. The molecule has 2 heterocycles. The third-order valence-corrected chi connectivity index (χ3v) is 6.77.